The number of para-hydroxylation sites is 1. The fraction of sp³-hybridized carbons (Fsp3) is 0.188. The molecule has 0 saturated carbocycles. The molecule has 3 nitrogen and oxygen atoms in total. The van der Waals surface area contributed by atoms with E-state index in [1.54, 1.807) is 0 Å². The topological polar surface area (TPSA) is 38.3 Å². The number of hydrogen-bond acceptors (Lipinski definition) is 2. The van der Waals surface area contributed by atoms with E-state index in [4.69, 9.17) is 4.74 Å². The highest BCUT2D eigenvalue weighted by Gasteiger charge is 2.22. The van der Waals surface area contributed by atoms with Crippen molar-refractivity contribution in [3.8, 4) is 5.75 Å². The number of carbonyl (C=O) groups excluding carboxylic acids is 1. The maximum absolute atomic E-state index is 12.9. The zero-order valence-corrected chi connectivity index (χ0v) is 10.8. The van der Waals surface area contributed by atoms with E-state index in [1.165, 1.54) is 24.3 Å². The van der Waals surface area contributed by atoms with Crippen molar-refractivity contribution in [2.45, 2.75) is 12.5 Å². The molecule has 1 N–H and O–H groups in total. The Labute approximate surface area is 116 Å². The predicted octanol–water partition coefficient (Wildman–Crippen LogP) is 3.08. The third-order valence-electron chi connectivity index (χ3n) is 3.37. The Morgan fingerprint density at radius 1 is 1.15 bits per heavy atom. The molecule has 3 rings (SSSR count). The smallest absolute Gasteiger partial charge is 0.251 e. The quantitative estimate of drug-likeness (QED) is 0.911. The Morgan fingerprint density at radius 2 is 1.90 bits per heavy atom. The summed E-state index contributed by atoms with van der Waals surface area (Å²) >= 11 is 0. The highest BCUT2D eigenvalue weighted by Crippen LogP contribution is 2.31. The van der Waals surface area contributed by atoms with Gasteiger partial charge in [0.2, 0.25) is 0 Å². The minimum atomic E-state index is -0.349. The Morgan fingerprint density at radius 3 is 2.70 bits per heavy atom. The van der Waals surface area contributed by atoms with Crippen molar-refractivity contribution in [3.05, 3.63) is 65.5 Å². The summed E-state index contributed by atoms with van der Waals surface area (Å²) < 4.78 is 18.4. The lowest BCUT2D eigenvalue weighted by Crippen LogP contribution is -2.32. The van der Waals surface area contributed by atoms with Gasteiger partial charge in [-0.05, 0) is 30.3 Å². The van der Waals surface area contributed by atoms with Crippen molar-refractivity contribution in [1.82, 2.24) is 5.32 Å². The van der Waals surface area contributed by atoms with Crippen molar-refractivity contribution in [3.63, 3.8) is 0 Å². The Kier molecular flexibility index (Phi) is 3.37. The molecule has 1 heterocycles. The van der Waals surface area contributed by atoms with Gasteiger partial charge in [-0.1, -0.05) is 18.2 Å². The molecule has 0 bridgehead atoms. The summed E-state index contributed by atoms with van der Waals surface area (Å²) in [6, 6.07) is 13.1. The number of benzene rings is 2. The standard InChI is InChI=1S/C16H14FNO2/c17-12-7-5-11(6-8-12)16(19)18-14-9-10-20-15-4-2-1-3-13(14)15/h1-8,14H,9-10H2,(H,18,19). The van der Waals surface area contributed by atoms with Crippen LogP contribution in [0.25, 0.3) is 0 Å². The molecule has 0 spiro atoms. The van der Waals surface area contributed by atoms with Gasteiger partial charge in [-0.15, -0.1) is 0 Å². The molecule has 2 aromatic rings. The highest BCUT2D eigenvalue weighted by atomic mass is 19.1. The lowest BCUT2D eigenvalue weighted by atomic mass is 10.00. The summed E-state index contributed by atoms with van der Waals surface area (Å²) in [7, 11) is 0. The van der Waals surface area contributed by atoms with Gasteiger partial charge in [0.15, 0.2) is 0 Å². The molecule has 20 heavy (non-hydrogen) atoms. The first-order chi connectivity index (χ1) is 9.74. The van der Waals surface area contributed by atoms with Crippen LogP contribution in [0.15, 0.2) is 48.5 Å². The van der Waals surface area contributed by atoms with Gasteiger partial charge in [0.1, 0.15) is 11.6 Å². The van der Waals surface area contributed by atoms with Crippen molar-refractivity contribution in [1.29, 1.82) is 0 Å². The second kappa shape index (κ2) is 5.33. The number of ether oxygens (including phenoxy) is 1. The third-order valence-corrected chi connectivity index (χ3v) is 3.37. The average Bonchev–Trinajstić information content (AvgIpc) is 2.48. The van der Waals surface area contributed by atoms with E-state index < -0.39 is 0 Å². The van der Waals surface area contributed by atoms with Crippen LogP contribution in [0.4, 0.5) is 4.39 Å². The van der Waals surface area contributed by atoms with E-state index in [9.17, 15) is 9.18 Å². The van der Waals surface area contributed by atoms with E-state index >= 15 is 0 Å². The summed E-state index contributed by atoms with van der Waals surface area (Å²) in [6.07, 6.45) is 0.726. The van der Waals surface area contributed by atoms with Crippen molar-refractivity contribution in [2.24, 2.45) is 0 Å². The number of amides is 1. The fourth-order valence-electron chi connectivity index (χ4n) is 2.33. The van der Waals surface area contributed by atoms with Crippen LogP contribution < -0.4 is 10.1 Å². The molecule has 0 fully saturated rings. The van der Waals surface area contributed by atoms with Gasteiger partial charge >= 0.3 is 0 Å². The first-order valence-corrected chi connectivity index (χ1v) is 6.52. The third kappa shape index (κ3) is 2.50. The van der Waals surface area contributed by atoms with Gasteiger partial charge < -0.3 is 10.1 Å². The predicted molar refractivity (Wildman–Crippen MR) is 73.2 cm³/mol. The molecular formula is C16H14FNO2. The summed E-state index contributed by atoms with van der Waals surface area (Å²) in [5.74, 6) is 0.257. The molecule has 1 aliphatic heterocycles. The molecule has 0 saturated heterocycles. The van der Waals surface area contributed by atoms with Crippen LogP contribution in [0.1, 0.15) is 28.4 Å². The maximum Gasteiger partial charge on any atom is 0.251 e. The fourth-order valence-corrected chi connectivity index (χ4v) is 2.33. The van der Waals surface area contributed by atoms with Crippen molar-refractivity contribution in [2.75, 3.05) is 6.61 Å². The number of hydrogen-bond donors (Lipinski definition) is 1. The van der Waals surface area contributed by atoms with Gasteiger partial charge in [-0.3, -0.25) is 4.79 Å². The van der Waals surface area contributed by atoms with E-state index in [0.29, 0.717) is 12.2 Å². The van der Waals surface area contributed by atoms with E-state index in [1.807, 2.05) is 24.3 Å². The molecule has 0 aromatic heterocycles. The van der Waals surface area contributed by atoms with Gasteiger partial charge in [0, 0.05) is 17.5 Å². The molecule has 1 amide bonds. The largest absolute Gasteiger partial charge is 0.493 e. The van der Waals surface area contributed by atoms with Crippen LogP contribution >= 0.6 is 0 Å². The minimum absolute atomic E-state index is 0.0718. The monoisotopic (exact) mass is 271 g/mol. The number of rotatable bonds is 2. The summed E-state index contributed by atoms with van der Waals surface area (Å²) in [5.41, 5.74) is 1.43. The summed E-state index contributed by atoms with van der Waals surface area (Å²) in [6.45, 7) is 0.575. The SMILES string of the molecule is O=C(NC1CCOc2ccccc21)c1ccc(F)cc1. The number of nitrogens with one attached hydrogen (secondary N) is 1. The molecule has 1 atom stereocenters. The number of halogens is 1. The second-order valence-electron chi connectivity index (χ2n) is 4.71. The number of fused-ring (bicyclic) bond motifs is 1. The zero-order chi connectivity index (χ0) is 13.9. The lowest BCUT2D eigenvalue weighted by molar-refractivity contribution is 0.0925. The minimum Gasteiger partial charge on any atom is -0.493 e. The molecule has 2 aromatic carbocycles. The van der Waals surface area contributed by atoms with Crippen molar-refractivity contribution >= 4 is 5.91 Å². The van der Waals surface area contributed by atoms with E-state index in [2.05, 4.69) is 5.32 Å². The Hall–Kier alpha value is -2.36. The molecule has 0 aliphatic carbocycles. The highest BCUT2D eigenvalue weighted by molar-refractivity contribution is 5.94. The molecule has 102 valence electrons. The first kappa shape index (κ1) is 12.7. The molecule has 4 heteroatoms. The Balaban J connectivity index is 1.79. The second-order valence-corrected chi connectivity index (χ2v) is 4.71. The average molecular weight is 271 g/mol. The maximum atomic E-state index is 12.9. The lowest BCUT2D eigenvalue weighted by Gasteiger charge is -2.26. The first-order valence-electron chi connectivity index (χ1n) is 6.52. The number of carbonyl (C=O) groups is 1. The molecule has 1 unspecified atom stereocenters. The van der Waals surface area contributed by atoms with Crippen molar-refractivity contribution < 1.29 is 13.9 Å². The van der Waals surface area contributed by atoms with Crippen LogP contribution in [0, 0.1) is 5.82 Å². The zero-order valence-electron chi connectivity index (χ0n) is 10.8. The summed E-state index contributed by atoms with van der Waals surface area (Å²) in [5, 5.41) is 2.97. The molecule has 0 radical (unpaired) electrons. The normalized spacial score (nSPS) is 16.9. The molecule has 1 aliphatic rings. The van der Waals surface area contributed by atoms with Crippen LogP contribution in [0.5, 0.6) is 5.75 Å². The summed E-state index contributed by atoms with van der Waals surface area (Å²) in [4.78, 5) is 12.2. The van der Waals surface area contributed by atoms with Crippen LogP contribution in [0.2, 0.25) is 0 Å². The van der Waals surface area contributed by atoms with Gasteiger partial charge in [-0.2, -0.15) is 0 Å². The van der Waals surface area contributed by atoms with Gasteiger partial charge in [-0.25, -0.2) is 4.39 Å². The van der Waals surface area contributed by atoms with E-state index in [-0.39, 0.29) is 17.8 Å². The van der Waals surface area contributed by atoms with Crippen LogP contribution in [0.3, 0.4) is 0 Å². The van der Waals surface area contributed by atoms with E-state index in [0.717, 1.165) is 17.7 Å². The van der Waals surface area contributed by atoms with Gasteiger partial charge in [0.05, 0.1) is 12.6 Å². The van der Waals surface area contributed by atoms with Gasteiger partial charge in [0.25, 0.3) is 5.91 Å². The van der Waals surface area contributed by atoms with Crippen LogP contribution in [-0.4, -0.2) is 12.5 Å². The van der Waals surface area contributed by atoms with Crippen LogP contribution in [-0.2, 0) is 0 Å². The Bertz CT molecular complexity index is 625. The molecular weight excluding hydrogens is 257 g/mol.